The van der Waals surface area contributed by atoms with Crippen LogP contribution in [0.5, 0.6) is 5.75 Å². The summed E-state index contributed by atoms with van der Waals surface area (Å²) in [6.07, 6.45) is -2.45. The number of hydrogen-bond acceptors (Lipinski definition) is 3. The van der Waals surface area contributed by atoms with Crippen molar-refractivity contribution in [2.45, 2.75) is 50.4 Å². The van der Waals surface area contributed by atoms with Crippen LogP contribution in [0.15, 0.2) is 24.3 Å². The van der Waals surface area contributed by atoms with Crippen molar-refractivity contribution in [3.8, 4) is 5.75 Å². The number of rotatable bonds is 6. The van der Waals surface area contributed by atoms with E-state index in [9.17, 15) is 31.9 Å². The zero-order valence-corrected chi connectivity index (χ0v) is 19.4. The van der Waals surface area contributed by atoms with Crippen molar-refractivity contribution < 1.29 is 36.6 Å². The molecule has 2 aliphatic rings. The Hall–Kier alpha value is -2.10. The molecule has 0 aromatic heterocycles. The molecule has 2 aromatic carbocycles. The van der Waals surface area contributed by atoms with Crippen molar-refractivity contribution in [2.75, 3.05) is 13.1 Å². The van der Waals surface area contributed by atoms with Gasteiger partial charge in [-0.2, -0.15) is 13.2 Å². The van der Waals surface area contributed by atoms with Gasteiger partial charge in [0.05, 0.1) is 16.1 Å². The molecule has 2 aromatic rings. The monoisotopic (exact) mass is 525 g/mol. The SMILES string of the molecule is Cl.O=C(O)c1cc(C2CC2)c(CN2CCC(Oc3cc(C(F)(F)F)cc(Cl)c3F)CC2)cc1F. The normalized spacial score (nSPS) is 17.4. The molecule has 0 unspecified atom stereocenters. The van der Waals surface area contributed by atoms with Gasteiger partial charge in [-0.1, -0.05) is 11.6 Å². The van der Waals surface area contributed by atoms with Crippen LogP contribution < -0.4 is 4.74 Å². The second-order valence-electron chi connectivity index (χ2n) is 8.47. The lowest BCUT2D eigenvalue weighted by Gasteiger charge is -2.33. The predicted molar refractivity (Wildman–Crippen MR) is 118 cm³/mol. The molecule has 186 valence electrons. The van der Waals surface area contributed by atoms with Gasteiger partial charge in [-0.3, -0.25) is 4.90 Å². The Kier molecular flexibility index (Phi) is 7.99. The summed E-state index contributed by atoms with van der Waals surface area (Å²) in [6.45, 7) is 1.43. The maximum atomic E-state index is 14.3. The highest BCUT2D eigenvalue weighted by atomic mass is 35.5. The highest BCUT2D eigenvalue weighted by molar-refractivity contribution is 6.31. The third-order valence-corrected chi connectivity index (χ3v) is 6.30. The standard InChI is InChI=1S/C23H21ClF5NO3.ClH/c24-18-8-14(23(27,28)29)9-20(21(18)26)33-15-3-5-30(6-4-15)11-13-7-19(25)17(22(31)32)10-16(13)12-1-2-12;/h7-10,12,15H,1-6,11H2,(H,31,32);1H. The lowest BCUT2D eigenvalue weighted by molar-refractivity contribution is -0.137. The fourth-order valence-electron chi connectivity index (χ4n) is 4.13. The maximum absolute atomic E-state index is 14.3. The molecular formula is C23H22Cl2F5NO3. The Bertz CT molecular complexity index is 1070. The first-order chi connectivity index (χ1) is 15.5. The van der Waals surface area contributed by atoms with Gasteiger partial charge in [-0.05, 0) is 67.0 Å². The average molecular weight is 526 g/mol. The molecule has 1 aliphatic carbocycles. The quantitative estimate of drug-likeness (QED) is 0.427. The van der Waals surface area contributed by atoms with Crippen LogP contribution in [0.2, 0.25) is 5.02 Å². The first kappa shape index (κ1) is 26.5. The van der Waals surface area contributed by atoms with E-state index >= 15 is 0 Å². The minimum absolute atomic E-state index is 0. The molecule has 0 radical (unpaired) electrons. The molecule has 11 heteroatoms. The molecule has 2 fully saturated rings. The number of piperidine rings is 1. The van der Waals surface area contributed by atoms with Crippen LogP contribution in [-0.4, -0.2) is 35.2 Å². The second kappa shape index (κ2) is 10.3. The van der Waals surface area contributed by atoms with E-state index in [0.29, 0.717) is 44.6 Å². The zero-order chi connectivity index (χ0) is 23.9. The Morgan fingerprint density at radius 2 is 1.74 bits per heavy atom. The molecule has 1 saturated heterocycles. The van der Waals surface area contributed by atoms with E-state index in [1.54, 1.807) is 0 Å². The number of hydrogen-bond donors (Lipinski definition) is 1. The van der Waals surface area contributed by atoms with Crippen LogP contribution in [0.4, 0.5) is 22.0 Å². The van der Waals surface area contributed by atoms with Crippen molar-refractivity contribution in [2.24, 2.45) is 0 Å². The molecule has 1 N–H and O–H groups in total. The Labute approximate surface area is 204 Å². The van der Waals surface area contributed by atoms with Gasteiger partial charge in [-0.25, -0.2) is 13.6 Å². The fourth-order valence-corrected chi connectivity index (χ4v) is 4.34. The number of benzene rings is 2. The minimum Gasteiger partial charge on any atom is -0.487 e. The average Bonchev–Trinajstić information content (AvgIpc) is 3.57. The van der Waals surface area contributed by atoms with Gasteiger partial charge < -0.3 is 9.84 Å². The molecule has 1 aliphatic heterocycles. The number of carboxylic acids is 1. The number of halogens is 7. The number of carbonyl (C=O) groups is 1. The van der Waals surface area contributed by atoms with Crippen LogP contribution in [0.1, 0.15) is 58.6 Å². The molecule has 4 rings (SSSR count). The van der Waals surface area contributed by atoms with E-state index in [2.05, 4.69) is 0 Å². The highest BCUT2D eigenvalue weighted by Gasteiger charge is 2.34. The molecule has 0 amide bonds. The third kappa shape index (κ3) is 5.93. The number of alkyl halides is 3. The second-order valence-corrected chi connectivity index (χ2v) is 8.88. The summed E-state index contributed by atoms with van der Waals surface area (Å²) in [4.78, 5) is 13.3. The van der Waals surface area contributed by atoms with E-state index in [1.165, 1.54) is 12.1 Å². The van der Waals surface area contributed by atoms with Crippen LogP contribution >= 0.6 is 24.0 Å². The van der Waals surface area contributed by atoms with Crippen LogP contribution in [0.3, 0.4) is 0 Å². The summed E-state index contributed by atoms with van der Waals surface area (Å²) < 4.78 is 73.0. The lowest BCUT2D eigenvalue weighted by Crippen LogP contribution is -2.38. The molecule has 1 heterocycles. The number of nitrogens with zero attached hydrogens (tertiary/aromatic N) is 1. The number of carboxylic acid groups (broad SMARTS) is 1. The summed E-state index contributed by atoms with van der Waals surface area (Å²) in [7, 11) is 0. The molecule has 0 bridgehead atoms. The first-order valence-electron chi connectivity index (χ1n) is 10.5. The maximum Gasteiger partial charge on any atom is 0.416 e. The van der Waals surface area contributed by atoms with E-state index in [4.69, 9.17) is 16.3 Å². The Balaban J connectivity index is 0.00000324. The predicted octanol–water partition coefficient (Wildman–Crippen LogP) is 6.68. The van der Waals surface area contributed by atoms with Gasteiger partial charge in [0.2, 0.25) is 0 Å². The van der Waals surface area contributed by atoms with Gasteiger partial charge in [0.1, 0.15) is 11.9 Å². The van der Waals surface area contributed by atoms with E-state index < -0.39 is 46.2 Å². The fraction of sp³-hybridized carbons (Fsp3) is 0.435. The minimum atomic E-state index is -4.68. The van der Waals surface area contributed by atoms with Crippen molar-refractivity contribution in [1.29, 1.82) is 0 Å². The molecule has 1 saturated carbocycles. The summed E-state index contributed by atoms with van der Waals surface area (Å²) in [6, 6.07) is 3.83. The highest BCUT2D eigenvalue weighted by Crippen LogP contribution is 2.43. The summed E-state index contributed by atoms with van der Waals surface area (Å²) in [5.74, 6) is -3.42. The van der Waals surface area contributed by atoms with Gasteiger partial charge >= 0.3 is 12.1 Å². The van der Waals surface area contributed by atoms with Crippen LogP contribution in [0, 0.1) is 11.6 Å². The van der Waals surface area contributed by atoms with E-state index in [-0.39, 0.29) is 23.9 Å². The van der Waals surface area contributed by atoms with Crippen molar-refractivity contribution in [3.05, 3.63) is 63.2 Å². The van der Waals surface area contributed by atoms with Crippen LogP contribution in [0.25, 0.3) is 0 Å². The molecule has 0 spiro atoms. The van der Waals surface area contributed by atoms with Gasteiger partial charge in [-0.15, -0.1) is 12.4 Å². The molecule has 0 atom stereocenters. The van der Waals surface area contributed by atoms with Crippen molar-refractivity contribution >= 4 is 30.0 Å². The summed E-state index contributed by atoms with van der Waals surface area (Å²) in [5.41, 5.74) is 0.151. The topological polar surface area (TPSA) is 49.8 Å². The first-order valence-corrected chi connectivity index (χ1v) is 10.9. The van der Waals surface area contributed by atoms with Gasteiger partial charge in [0, 0.05) is 19.6 Å². The van der Waals surface area contributed by atoms with Crippen molar-refractivity contribution in [3.63, 3.8) is 0 Å². The Morgan fingerprint density at radius 1 is 1.09 bits per heavy atom. The molecule has 34 heavy (non-hydrogen) atoms. The number of ether oxygens (including phenoxy) is 1. The summed E-state index contributed by atoms with van der Waals surface area (Å²) in [5, 5.41) is 8.54. The molecular weight excluding hydrogens is 504 g/mol. The van der Waals surface area contributed by atoms with E-state index in [1.807, 2.05) is 4.90 Å². The Morgan fingerprint density at radius 3 is 2.29 bits per heavy atom. The lowest BCUT2D eigenvalue weighted by atomic mass is 9.98. The smallest absolute Gasteiger partial charge is 0.416 e. The van der Waals surface area contributed by atoms with Gasteiger partial charge in [0.25, 0.3) is 0 Å². The van der Waals surface area contributed by atoms with E-state index in [0.717, 1.165) is 24.0 Å². The molecule has 4 nitrogen and oxygen atoms in total. The number of aromatic carboxylic acids is 1. The summed E-state index contributed by atoms with van der Waals surface area (Å²) >= 11 is 5.61. The van der Waals surface area contributed by atoms with Gasteiger partial charge in [0.15, 0.2) is 11.6 Å². The van der Waals surface area contributed by atoms with Crippen molar-refractivity contribution in [1.82, 2.24) is 4.90 Å². The number of likely N-dealkylation sites (tertiary alicyclic amines) is 1. The zero-order valence-electron chi connectivity index (χ0n) is 17.8. The largest absolute Gasteiger partial charge is 0.487 e. The third-order valence-electron chi connectivity index (χ3n) is 6.02. The van der Waals surface area contributed by atoms with Crippen LogP contribution in [-0.2, 0) is 12.7 Å².